The molecular weight excluding hydrogens is 282 g/mol. The van der Waals surface area contributed by atoms with E-state index in [0.29, 0.717) is 5.13 Å². The Bertz CT molecular complexity index is 734. The van der Waals surface area contributed by atoms with Gasteiger partial charge in [-0.15, -0.1) is 22.9 Å². The van der Waals surface area contributed by atoms with Crippen LogP contribution in [0.1, 0.15) is 0 Å². The normalized spacial score (nSPS) is 10.8. The van der Waals surface area contributed by atoms with Gasteiger partial charge >= 0.3 is 0 Å². The summed E-state index contributed by atoms with van der Waals surface area (Å²) in [6.07, 6.45) is 1.92. The van der Waals surface area contributed by atoms with Crippen LogP contribution in [-0.4, -0.2) is 21.8 Å². The number of carbonyl (C=O) groups excluding carboxylic acids is 1. The molecular formula is C13H10ClN3OS. The monoisotopic (exact) mass is 291 g/mol. The number of rotatable bonds is 3. The molecule has 0 saturated heterocycles. The van der Waals surface area contributed by atoms with Crippen LogP contribution in [0.5, 0.6) is 0 Å². The molecule has 3 rings (SSSR count). The number of H-pyrrole nitrogens is 1. The second kappa shape index (κ2) is 5.03. The molecule has 4 nitrogen and oxygen atoms in total. The molecule has 0 atom stereocenters. The number of anilines is 1. The van der Waals surface area contributed by atoms with E-state index in [9.17, 15) is 4.79 Å². The van der Waals surface area contributed by atoms with Crippen LogP contribution < -0.4 is 5.32 Å². The Kier molecular flexibility index (Phi) is 3.23. The average Bonchev–Trinajstić information content (AvgIpc) is 3.04. The summed E-state index contributed by atoms with van der Waals surface area (Å²) in [4.78, 5) is 18.8. The van der Waals surface area contributed by atoms with Gasteiger partial charge in [0.2, 0.25) is 5.91 Å². The maximum atomic E-state index is 11.2. The summed E-state index contributed by atoms with van der Waals surface area (Å²) in [6.45, 7) is 0. The lowest BCUT2D eigenvalue weighted by molar-refractivity contribution is -0.113. The smallest absolute Gasteiger partial charge is 0.241 e. The summed E-state index contributed by atoms with van der Waals surface area (Å²) in [5, 5.41) is 6.24. The fourth-order valence-corrected chi connectivity index (χ4v) is 2.68. The number of nitrogens with one attached hydrogen (secondary N) is 2. The van der Waals surface area contributed by atoms with Gasteiger partial charge in [-0.05, 0) is 6.07 Å². The Labute approximate surface area is 118 Å². The minimum absolute atomic E-state index is 0.0675. The van der Waals surface area contributed by atoms with Gasteiger partial charge in [-0.25, -0.2) is 4.98 Å². The number of fused-ring (bicyclic) bond motifs is 1. The summed E-state index contributed by atoms with van der Waals surface area (Å²) in [7, 11) is 0. The Balaban J connectivity index is 1.96. The van der Waals surface area contributed by atoms with E-state index in [1.54, 1.807) is 0 Å². The van der Waals surface area contributed by atoms with Crippen molar-refractivity contribution in [1.82, 2.24) is 9.97 Å². The van der Waals surface area contributed by atoms with E-state index in [1.807, 2.05) is 35.8 Å². The quantitative estimate of drug-likeness (QED) is 0.726. The van der Waals surface area contributed by atoms with E-state index >= 15 is 0 Å². The van der Waals surface area contributed by atoms with Gasteiger partial charge in [0.15, 0.2) is 5.13 Å². The molecule has 0 unspecified atom stereocenters. The van der Waals surface area contributed by atoms with Gasteiger partial charge in [0.1, 0.15) is 5.88 Å². The molecule has 0 fully saturated rings. The molecule has 0 radical (unpaired) electrons. The maximum Gasteiger partial charge on any atom is 0.241 e. The van der Waals surface area contributed by atoms with E-state index in [-0.39, 0.29) is 11.8 Å². The summed E-state index contributed by atoms with van der Waals surface area (Å²) >= 11 is 6.83. The highest BCUT2D eigenvalue weighted by molar-refractivity contribution is 7.14. The summed E-state index contributed by atoms with van der Waals surface area (Å²) in [5.74, 6) is -0.316. The third-order valence-corrected chi connectivity index (χ3v) is 3.74. The van der Waals surface area contributed by atoms with Crippen LogP contribution in [0.25, 0.3) is 22.2 Å². The molecule has 0 spiro atoms. The second-order valence-corrected chi connectivity index (χ2v) is 5.09. The Morgan fingerprint density at radius 2 is 2.26 bits per heavy atom. The van der Waals surface area contributed by atoms with Gasteiger partial charge in [-0.3, -0.25) is 4.79 Å². The molecule has 0 saturated carbocycles. The van der Waals surface area contributed by atoms with Crippen molar-refractivity contribution in [2.45, 2.75) is 0 Å². The molecule has 6 heteroatoms. The number of benzene rings is 1. The SMILES string of the molecule is O=C(CCl)Nc1nc(-c2c[nH]c3ccccc23)cs1. The highest BCUT2D eigenvalue weighted by atomic mass is 35.5. The second-order valence-electron chi connectivity index (χ2n) is 3.97. The predicted molar refractivity (Wildman–Crippen MR) is 78.8 cm³/mol. The van der Waals surface area contributed by atoms with Gasteiger partial charge in [-0.2, -0.15) is 0 Å². The number of aromatic amines is 1. The first kappa shape index (κ1) is 12.2. The topological polar surface area (TPSA) is 57.8 Å². The lowest BCUT2D eigenvalue weighted by Gasteiger charge is -1.96. The number of thiazole rings is 1. The van der Waals surface area contributed by atoms with Crippen molar-refractivity contribution >= 4 is 44.9 Å². The van der Waals surface area contributed by atoms with E-state index < -0.39 is 0 Å². The first-order chi connectivity index (χ1) is 9.28. The molecule has 2 N–H and O–H groups in total. The lowest BCUT2D eigenvalue weighted by Crippen LogP contribution is -2.12. The first-order valence-corrected chi connectivity index (χ1v) is 7.07. The number of hydrogen-bond donors (Lipinski definition) is 2. The lowest BCUT2D eigenvalue weighted by atomic mass is 10.1. The van der Waals surface area contributed by atoms with Crippen LogP contribution in [0.15, 0.2) is 35.8 Å². The third-order valence-electron chi connectivity index (χ3n) is 2.74. The number of nitrogens with zero attached hydrogens (tertiary/aromatic N) is 1. The van der Waals surface area contributed by atoms with Crippen LogP contribution in [0.3, 0.4) is 0 Å². The van der Waals surface area contributed by atoms with Gasteiger partial charge in [0.05, 0.1) is 5.69 Å². The van der Waals surface area contributed by atoms with Crippen LogP contribution in [0.4, 0.5) is 5.13 Å². The van der Waals surface area contributed by atoms with Crippen molar-refractivity contribution in [2.75, 3.05) is 11.2 Å². The van der Waals surface area contributed by atoms with Crippen LogP contribution in [0, 0.1) is 0 Å². The molecule has 3 aromatic rings. The fraction of sp³-hybridized carbons (Fsp3) is 0.0769. The number of carbonyl (C=O) groups is 1. The minimum Gasteiger partial charge on any atom is -0.360 e. The largest absolute Gasteiger partial charge is 0.360 e. The molecule has 0 aliphatic heterocycles. The zero-order chi connectivity index (χ0) is 13.2. The molecule has 2 heterocycles. The number of hydrogen-bond acceptors (Lipinski definition) is 3. The van der Waals surface area contributed by atoms with E-state index in [0.717, 1.165) is 22.2 Å². The van der Waals surface area contributed by atoms with E-state index in [1.165, 1.54) is 11.3 Å². The van der Waals surface area contributed by atoms with Crippen molar-refractivity contribution in [2.24, 2.45) is 0 Å². The van der Waals surface area contributed by atoms with Crippen molar-refractivity contribution in [3.8, 4) is 11.3 Å². The Hall–Kier alpha value is -1.85. The van der Waals surface area contributed by atoms with Crippen LogP contribution in [0.2, 0.25) is 0 Å². The van der Waals surface area contributed by atoms with Gasteiger partial charge in [0.25, 0.3) is 0 Å². The third kappa shape index (κ3) is 2.34. The van der Waals surface area contributed by atoms with Crippen LogP contribution in [-0.2, 0) is 4.79 Å². The number of amides is 1. The van der Waals surface area contributed by atoms with Crippen molar-refractivity contribution in [3.63, 3.8) is 0 Å². The predicted octanol–water partition coefficient (Wildman–Crippen LogP) is 3.47. The number of para-hydroxylation sites is 1. The molecule has 0 bridgehead atoms. The average molecular weight is 292 g/mol. The molecule has 2 aromatic heterocycles. The zero-order valence-corrected chi connectivity index (χ0v) is 11.4. The molecule has 1 aromatic carbocycles. The summed E-state index contributed by atoms with van der Waals surface area (Å²) < 4.78 is 0. The van der Waals surface area contributed by atoms with Gasteiger partial charge in [0, 0.05) is 28.0 Å². The van der Waals surface area contributed by atoms with Gasteiger partial charge in [-0.1, -0.05) is 18.2 Å². The van der Waals surface area contributed by atoms with Crippen molar-refractivity contribution in [1.29, 1.82) is 0 Å². The molecule has 1 amide bonds. The summed E-state index contributed by atoms with van der Waals surface area (Å²) in [5.41, 5.74) is 2.93. The molecule has 0 aliphatic carbocycles. The standard InChI is InChI=1S/C13H10ClN3OS/c14-5-12(18)17-13-16-11(7-19-13)9-6-15-10-4-2-1-3-8(9)10/h1-4,6-7,15H,5H2,(H,16,17,18). The zero-order valence-electron chi connectivity index (χ0n) is 9.81. The minimum atomic E-state index is -0.249. The number of aromatic nitrogens is 2. The highest BCUT2D eigenvalue weighted by Gasteiger charge is 2.10. The number of halogens is 1. The van der Waals surface area contributed by atoms with E-state index in [2.05, 4.69) is 15.3 Å². The number of alkyl halides is 1. The Morgan fingerprint density at radius 1 is 1.42 bits per heavy atom. The van der Waals surface area contributed by atoms with Crippen molar-refractivity contribution in [3.05, 3.63) is 35.8 Å². The van der Waals surface area contributed by atoms with E-state index in [4.69, 9.17) is 11.6 Å². The van der Waals surface area contributed by atoms with Crippen LogP contribution >= 0.6 is 22.9 Å². The van der Waals surface area contributed by atoms with Crippen molar-refractivity contribution < 1.29 is 4.79 Å². The van der Waals surface area contributed by atoms with Gasteiger partial charge < -0.3 is 10.3 Å². The maximum absolute atomic E-state index is 11.2. The molecule has 96 valence electrons. The Morgan fingerprint density at radius 3 is 3.11 bits per heavy atom. The molecule has 0 aliphatic rings. The summed E-state index contributed by atoms with van der Waals surface area (Å²) in [6, 6.07) is 8.02. The molecule has 19 heavy (non-hydrogen) atoms. The first-order valence-electron chi connectivity index (χ1n) is 5.66. The fourth-order valence-electron chi connectivity index (χ4n) is 1.89. The highest BCUT2D eigenvalue weighted by Crippen LogP contribution is 2.30.